The van der Waals surface area contributed by atoms with E-state index in [2.05, 4.69) is 22.0 Å². The van der Waals surface area contributed by atoms with Gasteiger partial charge in [-0.1, -0.05) is 23.9 Å². The minimum absolute atomic E-state index is 0.0259. The van der Waals surface area contributed by atoms with Crippen molar-refractivity contribution in [1.82, 2.24) is 14.7 Å². The quantitative estimate of drug-likeness (QED) is 0.532. The van der Waals surface area contributed by atoms with Gasteiger partial charge in [-0.3, -0.25) is 0 Å². The normalized spacial score (nSPS) is 10.7. The Kier molecular flexibility index (Phi) is 5.99. The number of aliphatic hydroxyl groups is 1. The molecule has 1 aromatic carbocycles. The maximum Gasteiger partial charge on any atom is 0.173 e. The van der Waals surface area contributed by atoms with Crippen LogP contribution in [0.5, 0.6) is 0 Å². The van der Waals surface area contributed by atoms with Gasteiger partial charge >= 0.3 is 0 Å². The van der Waals surface area contributed by atoms with E-state index in [9.17, 15) is 8.78 Å². The third-order valence-electron chi connectivity index (χ3n) is 3.99. The number of unbranched alkanes of at least 4 members (excludes halogenated alkanes) is 1. The lowest BCUT2D eigenvalue weighted by molar-refractivity contribution is 0.290. The van der Waals surface area contributed by atoms with Crippen LogP contribution in [-0.2, 0) is 13.0 Å². The molecule has 0 saturated carbocycles. The number of rotatable bonds is 6. The van der Waals surface area contributed by atoms with Crippen LogP contribution in [0, 0.1) is 23.5 Å². The number of halogens is 2. The fourth-order valence-corrected chi connectivity index (χ4v) is 2.69. The van der Waals surface area contributed by atoms with Crippen molar-refractivity contribution in [2.45, 2.75) is 32.7 Å². The maximum absolute atomic E-state index is 14.4. The van der Waals surface area contributed by atoms with Gasteiger partial charge in [-0.05, 0) is 18.6 Å². The Balaban J connectivity index is 1.82. The van der Waals surface area contributed by atoms with E-state index in [0.717, 1.165) is 24.4 Å². The van der Waals surface area contributed by atoms with Crippen molar-refractivity contribution in [3.63, 3.8) is 0 Å². The van der Waals surface area contributed by atoms with Crippen molar-refractivity contribution >= 4 is 0 Å². The first-order valence-electron chi connectivity index (χ1n) is 8.67. The highest BCUT2D eigenvalue weighted by atomic mass is 19.1. The molecule has 7 heteroatoms. The molecule has 5 nitrogen and oxygen atoms in total. The summed E-state index contributed by atoms with van der Waals surface area (Å²) in [6.45, 7) is 2.43. The average molecular weight is 371 g/mol. The molecule has 1 N–H and O–H groups in total. The number of imidazole rings is 1. The Morgan fingerprint density at radius 3 is 2.70 bits per heavy atom. The Labute approximate surface area is 155 Å². The van der Waals surface area contributed by atoms with Crippen LogP contribution in [0.4, 0.5) is 8.78 Å². The van der Waals surface area contributed by atoms with Gasteiger partial charge in [-0.15, -0.1) is 0 Å². The second-order valence-corrected chi connectivity index (χ2v) is 5.95. The molecule has 2 aromatic heterocycles. The van der Waals surface area contributed by atoms with Gasteiger partial charge in [-0.2, -0.15) is 0 Å². The number of hydrogen-bond donors (Lipinski definition) is 1. The monoisotopic (exact) mass is 371 g/mol. The molecule has 0 aliphatic rings. The van der Waals surface area contributed by atoms with Gasteiger partial charge in [0.25, 0.3) is 0 Å². The summed E-state index contributed by atoms with van der Waals surface area (Å²) >= 11 is 0. The van der Waals surface area contributed by atoms with Crippen molar-refractivity contribution < 1.29 is 18.4 Å². The minimum Gasteiger partial charge on any atom is -0.396 e. The lowest BCUT2D eigenvalue weighted by atomic mass is 10.1. The maximum atomic E-state index is 14.4. The summed E-state index contributed by atoms with van der Waals surface area (Å²) in [4.78, 5) is 4.23. The first kappa shape index (κ1) is 18.8. The average Bonchev–Trinajstić information content (AvgIpc) is 3.28. The highest BCUT2D eigenvalue weighted by molar-refractivity contribution is 5.61. The molecule has 0 aliphatic carbocycles. The summed E-state index contributed by atoms with van der Waals surface area (Å²) in [5.41, 5.74) is 0.512. The standard InChI is InChI=1S/C20H19F2N3O2/c1-2-19-23-7-8-25(19)13-15-12-18(27-24-15)20-16(21)10-14(11-17(20)22)6-4-3-5-9-26/h7-8,10-12,26H,2-3,5,9,13H2,1H3. The van der Waals surface area contributed by atoms with Gasteiger partial charge < -0.3 is 14.2 Å². The molecule has 140 valence electrons. The van der Waals surface area contributed by atoms with E-state index >= 15 is 0 Å². The highest BCUT2D eigenvalue weighted by Gasteiger charge is 2.18. The van der Waals surface area contributed by atoms with Crippen molar-refractivity contribution in [3.05, 3.63) is 59.3 Å². The van der Waals surface area contributed by atoms with Crippen molar-refractivity contribution in [2.75, 3.05) is 6.61 Å². The Hall–Kier alpha value is -2.98. The summed E-state index contributed by atoms with van der Waals surface area (Å²) in [7, 11) is 0. The molecule has 0 amide bonds. The molecular weight excluding hydrogens is 352 g/mol. The number of benzene rings is 1. The number of hydrogen-bond acceptors (Lipinski definition) is 4. The van der Waals surface area contributed by atoms with Gasteiger partial charge in [-0.25, -0.2) is 13.8 Å². The molecule has 3 aromatic rings. The van der Waals surface area contributed by atoms with E-state index in [1.54, 1.807) is 6.20 Å². The Morgan fingerprint density at radius 2 is 2.00 bits per heavy atom. The predicted octanol–water partition coefficient (Wildman–Crippen LogP) is 3.55. The number of aryl methyl sites for hydroxylation is 1. The van der Waals surface area contributed by atoms with Gasteiger partial charge in [0.15, 0.2) is 5.76 Å². The van der Waals surface area contributed by atoms with Crippen LogP contribution in [0.1, 0.15) is 36.8 Å². The third-order valence-corrected chi connectivity index (χ3v) is 3.99. The smallest absolute Gasteiger partial charge is 0.173 e. The zero-order valence-corrected chi connectivity index (χ0v) is 14.9. The molecule has 27 heavy (non-hydrogen) atoms. The zero-order chi connectivity index (χ0) is 19.2. The number of aliphatic hydroxyl groups excluding tert-OH is 1. The minimum atomic E-state index is -0.763. The topological polar surface area (TPSA) is 64.1 Å². The van der Waals surface area contributed by atoms with E-state index in [-0.39, 0.29) is 23.5 Å². The molecule has 0 radical (unpaired) electrons. The van der Waals surface area contributed by atoms with Crippen LogP contribution in [0.3, 0.4) is 0 Å². The molecule has 2 heterocycles. The van der Waals surface area contributed by atoms with Gasteiger partial charge in [0, 0.05) is 43.5 Å². The third kappa shape index (κ3) is 4.41. The van der Waals surface area contributed by atoms with Crippen LogP contribution in [0.2, 0.25) is 0 Å². The zero-order valence-electron chi connectivity index (χ0n) is 14.9. The largest absolute Gasteiger partial charge is 0.396 e. The fourth-order valence-electron chi connectivity index (χ4n) is 2.69. The van der Waals surface area contributed by atoms with E-state index in [4.69, 9.17) is 9.63 Å². The molecule has 0 fully saturated rings. The summed E-state index contributed by atoms with van der Waals surface area (Å²) in [5.74, 6) is 4.85. The molecule has 0 aliphatic heterocycles. The first-order valence-corrected chi connectivity index (χ1v) is 8.67. The molecular formula is C20H19F2N3O2. The molecule has 3 rings (SSSR count). The highest BCUT2D eigenvalue weighted by Crippen LogP contribution is 2.28. The van der Waals surface area contributed by atoms with Crippen LogP contribution < -0.4 is 0 Å². The van der Waals surface area contributed by atoms with Crippen LogP contribution in [0.15, 0.2) is 35.1 Å². The summed E-state index contributed by atoms with van der Waals surface area (Å²) in [6, 6.07) is 3.85. The first-order chi connectivity index (χ1) is 13.1. The molecule has 0 atom stereocenters. The summed E-state index contributed by atoms with van der Waals surface area (Å²) < 4.78 is 35.9. The van der Waals surface area contributed by atoms with Gasteiger partial charge in [0.1, 0.15) is 23.2 Å². The Bertz CT molecular complexity index is 960. The van der Waals surface area contributed by atoms with E-state index in [1.807, 2.05) is 17.7 Å². The van der Waals surface area contributed by atoms with Gasteiger partial charge in [0.2, 0.25) is 0 Å². The van der Waals surface area contributed by atoms with Crippen LogP contribution in [-0.4, -0.2) is 26.4 Å². The fraction of sp³-hybridized carbons (Fsp3) is 0.300. The van der Waals surface area contributed by atoms with E-state index in [1.165, 1.54) is 6.07 Å². The molecule has 0 spiro atoms. The van der Waals surface area contributed by atoms with Crippen LogP contribution >= 0.6 is 0 Å². The lowest BCUT2D eigenvalue weighted by Crippen LogP contribution is -2.03. The second-order valence-electron chi connectivity index (χ2n) is 5.95. The molecule has 0 saturated heterocycles. The van der Waals surface area contributed by atoms with Gasteiger partial charge in [0.05, 0.1) is 12.1 Å². The van der Waals surface area contributed by atoms with Crippen LogP contribution in [0.25, 0.3) is 11.3 Å². The van der Waals surface area contributed by atoms with Crippen molar-refractivity contribution in [3.8, 4) is 23.2 Å². The summed E-state index contributed by atoms with van der Waals surface area (Å²) in [5, 5.41) is 12.6. The van der Waals surface area contributed by atoms with Crippen molar-refractivity contribution in [1.29, 1.82) is 0 Å². The van der Waals surface area contributed by atoms with Crippen molar-refractivity contribution in [2.24, 2.45) is 0 Å². The number of aromatic nitrogens is 3. The lowest BCUT2D eigenvalue weighted by Gasteiger charge is -2.03. The Morgan fingerprint density at radius 1 is 1.22 bits per heavy atom. The van der Waals surface area contributed by atoms with E-state index < -0.39 is 11.6 Å². The predicted molar refractivity (Wildman–Crippen MR) is 95.8 cm³/mol. The summed E-state index contributed by atoms with van der Waals surface area (Å²) in [6.07, 6.45) is 5.26. The van der Waals surface area contributed by atoms with E-state index in [0.29, 0.717) is 25.1 Å². The molecule has 0 unspecified atom stereocenters. The SMILES string of the molecule is CCc1nccn1Cc1cc(-c2c(F)cc(C#CCCCO)cc2F)on1. The molecule has 0 bridgehead atoms. The second kappa shape index (κ2) is 8.60. The number of nitrogens with zero attached hydrogens (tertiary/aromatic N) is 3.